The molecule has 1 N–H and O–H groups in total. The lowest BCUT2D eigenvalue weighted by molar-refractivity contribution is -0.149. The van der Waals surface area contributed by atoms with Gasteiger partial charge in [-0.1, -0.05) is 12.8 Å². The first-order valence-corrected chi connectivity index (χ1v) is 5.75. The third-order valence-corrected chi connectivity index (χ3v) is 3.11. The van der Waals surface area contributed by atoms with Crippen LogP contribution in [0.25, 0.3) is 0 Å². The molecule has 1 aliphatic carbocycles. The molecular formula is C11H18F3NO2. The Bertz CT molecular complexity index is 272. The highest BCUT2D eigenvalue weighted by atomic mass is 19.4. The monoisotopic (exact) mass is 253 g/mol. The Morgan fingerprint density at radius 2 is 1.88 bits per heavy atom. The summed E-state index contributed by atoms with van der Waals surface area (Å²) < 4.78 is 35.8. The Morgan fingerprint density at radius 3 is 2.35 bits per heavy atom. The summed E-state index contributed by atoms with van der Waals surface area (Å²) in [6.45, 7) is 0.129. The molecule has 0 aliphatic heterocycles. The second kappa shape index (κ2) is 5.25. The van der Waals surface area contributed by atoms with Gasteiger partial charge in [0.2, 0.25) is 5.91 Å². The molecule has 1 saturated carbocycles. The molecule has 0 aromatic carbocycles. The van der Waals surface area contributed by atoms with Gasteiger partial charge in [-0.2, -0.15) is 13.2 Å². The van der Waals surface area contributed by atoms with Gasteiger partial charge in [-0.3, -0.25) is 4.79 Å². The Morgan fingerprint density at radius 1 is 1.35 bits per heavy atom. The van der Waals surface area contributed by atoms with Crippen LogP contribution in [0.4, 0.5) is 13.2 Å². The normalized spacial score (nSPS) is 19.4. The van der Waals surface area contributed by atoms with Crippen molar-refractivity contribution in [2.75, 3.05) is 13.6 Å². The largest absolute Gasteiger partial charge is 0.389 e. The number of carbonyl (C=O) groups is 1. The summed E-state index contributed by atoms with van der Waals surface area (Å²) in [5.41, 5.74) is -0.900. The fraction of sp³-hybridized carbons (Fsp3) is 0.909. The zero-order valence-electron chi connectivity index (χ0n) is 9.89. The van der Waals surface area contributed by atoms with E-state index in [9.17, 15) is 23.1 Å². The maximum absolute atomic E-state index is 11.9. The zero-order valence-corrected chi connectivity index (χ0v) is 9.89. The van der Waals surface area contributed by atoms with Crippen molar-refractivity contribution >= 4 is 5.91 Å². The van der Waals surface area contributed by atoms with Crippen LogP contribution in [0.5, 0.6) is 0 Å². The molecule has 0 aromatic heterocycles. The van der Waals surface area contributed by atoms with E-state index in [0.717, 1.165) is 12.8 Å². The van der Waals surface area contributed by atoms with Gasteiger partial charge in [0.1, 0.15) is 0 Å². The predicted octanol–water partition coefficient (Wildman–Crippen LogP) is 2.09. The molecule has 1 aliphatic rings. The van der Waals surface area contributed by atoms with Crippen LogP contribution >= 0.6 is 0 Å². The van der Waals surface area contributed by atoms with Gasteiger partial charge in [-0.05, 0) is 12.8 Å². The average molecular weight is 253 g/mol. The molecule has 0 radical (unpaired) electrons. The first-order valence-electron chi connectivity index (χ1n) is 5.75. The second-order valence-electron chi connectivity index (χ2n) is 4.80. The quantitative estimate of drug-likeness (QED) is 0.833. The van der Waals surface area contributed by atoms with Gasteiger partial charge in [-0.15, -0.1) is 0 Å². The van der Waals surface area contributed by atoms with E-state index < -0.39 is 30.5 Å². The van der Waals surface area contributed by atoms with Crippen molar-refractivity contribution in [3.63, 3.8) is 0 Å². The van der Waals surface area contributed by atoms with Crippen molar-refractivity contribution in [2.24, 2.45) is 0 Å². The highest BCUT2D eigenvalue weighted by Gasteiger charge is 2.34. The fourth-order valence-electron chi connectivity index (χ4n) is 2.16. The average Bonchev–Trinajstić information content (AvgIpc) is 2.60. The summed E-state index contributed by atoms with van der Waals surface area (Å²) in [6, 6.07) is 0. The molecule has 0 bridgehead atoms. The summed E-state index contributed by atoms with van der Waals surface area (Å²) >= 11 is 0. The smallest absolute Gasteiger partial charge is 0.388 e. The van der Waals surface area contributed by atoms with Crippen LogP contribution in [-0.2, 0) is 4.79 Å². The standard InChI is InChI=1S/C11H18F3NO2/c1-15(8-10(17)5-2-3-6-10)9(16)4-7-11(12,13)14/h17H,2-8H2,1H3. The Kier molecular flexibility index (Phi) is 4.41. The number of nitrogens with zero attached hydrogens (tertiary/aromatic N) is 1. The zero-order chi connectivity index (χ0) is 13.1. The maximum atomic E-state index is 11.9. The minimum Gasteiger partial charge on any atom is -0.388 e. The van der Waals surface area contributed by atoms with Crippen molar-refractivity contribution in [3.8, 4) is 0 Å². The first-order chi connectivity index (χ1) is 7.72. The van der Waals surface area contributed by atoms with E-state index in [-0.39, 0.29) is 6.54 Å². The lowest BCUT2D eigenvalue weighted by Gasteiger charge is -2.28. The van der Waals surface area contributed by atoms with Crippen molar-refractivity contribution in [2.45, 2.75) is 50.3 Å². The first kappa shape index (κ1) is 14.3. The molecule has 1 amide bonds. The summed E-state index contributed by atoms with van der Waals surface area (Å²) in [5, 5.41) is 10.0. The molecule has 3 nitrogen and oxygen atoms in total. The third kappa shape index (κ3) is 4.93. The van der Waals surface area contributed by atoms with Gasteiger partial charge < -0.3 is 10.0 Å². The fourth-order valence-corrected chi connectivity index (χ4v) is 2.16. The summed E-state index contributed by atoms with van der Waals surface area (Å²) in [6.07, 6.45) is -2.92. The van der Waals surface area contributed by atoms with Gasteiger partial charge in [0, 0.05) is 20.0 Å². The van der Waals surface area contributed by atoms with Crippen LogP contribution in [0.1, 0.15) is 38.5 Å². The molecule has 0 unspecified atom stereocenters. The molecule has 17 heavy (non-hydrogen) atoms. The van der Waals surface area contributed by atoms with Gasteiger partial charge in [0.05, 0.1) is 12.0 Å². The van der Waals surface area contributed by atoms with Crippen LogP contribution in [0.3, 0.4) is 0 Å². The van der Waals surface area contributed by atoms with E-state index in [1.807, 2.05) is 0 Å². The van der Waals surface area contributed by atoms with E-state index in [4.69, 9.17) is 0 Å². The Labute approximate surface area is 98.6 Å². The lowest BCUT2D eigenvalue weighted by Crippen LogP contribution is -2.42. The maximum Gasteiger partial charge on any atom is 0.389 e. The minimum absolute atomic E-state index is 0.129. The summed E-state index contributed by atoms with van der Waals surface area (Å²) in [7, 11) is 1.44. The number of aliphatic hydroxyl groups is 1. The van der Waals surface area contributed by atoms with Crippen LogP contribution < -0.4 is 0 Å². The van der Waals surface area contributed by atoms with E-state index in [2.05, 4.69) is 0 Å². The molecule has 0 atom stereocenters. The number of alkyl halides is 3. The Balaban J connectivity index is 2.36. The number of carbonyl (C=O) groups excluding carboxylic acids is 1. The number of hydrogen-bond acceptors (Lipinski definition) is 2. The molecule has 100 valence electrons. The van der Waals surface area contributed by atoms with E-state index in [1.54, 1.807) is 0 Å². The highest BCUT2D eigenvalue weighted by Crippen LogP contribution is 2.30. The Hall–Kier alpha value is -0.780. The van der Waals surface area contributed by atoms with Crippen LogP contribution in [0.2, 0.25) is 0 Å². The van der Waals surface area contributed by atoms with Gasteiger partial charge in [0.15, 0.2) is 0 Å². The van der Waals surface area contributed by atoms with Gasteiger partial charge in [-0.25, -0.2) is 0 Å². The molecule has 1 rings (SSSR count). The molecule has 0 aromatic rings. The third-order valence-electron chi connectivity index (χ3n) is 3.11. The van der Waals surface area contributed by atoms with Crippen molar-refractivity contribution in [1.82, 2.24) is 4.90 Å². The number of halogens is 3. The molecule has 1 fully saturated rings. The van der Waals surface area contributed by atoms with Gasteiger partial charge in [0.25, 0.3) is 0 Å². The van der Waals surface area contributed by atoms with Crippen LogP contribution in [-0.4, -0.2) is 41.3 Å². The highest BCUT2D eigenvalue weighted by molar-refractivity contribution is 5.76. The topological polar surface area (TPSA) is 40.5 Å². The van der Waals surface area contributed by atoms with Crippen molar-refractivity contribution < 1.29 is 23.1 Å². The second-order valence-corrected chi connectivity index (χ2v) is 4.80. The summed E-state index contributed by atoms with van der Waals surface area (Å²) in [5.74, 6) is -0.567. The minimum atomic E-state index is -4.30. The SMILES string of the molecule is CN(CC1(O)CCCC1)C(=O)CCC(F)(F)F. The predicted molar refractivity (Wildman–Crippen MR) is 56.3 cm³/mol. The molecule has 0 heterocycles. The number of rotatable bonds is 4. The number of amides is 1. The lowest BCUT2D eigenvalue weighted by atomic mass is 10.0. The van der Waals surface area contributed by atoms with Crippen LogP contribution in [0, 0.1) is 0 Å². The number of likely N-dealkylation sites (N-methyl/N-ethyl adjacent to an activating group) is 1. The van der Waals surface area contributed by atoms with Gasteiger partial charge >= 0.3 is 6.18 Å². The summed E-state index contributed by atoms with van der Waals surface area (Å²) in [4.78, 5) is 12.6. The van der Waals surface area contributed by atoms with Crippen molar-refractivity contribution in [3.05, 3.63) is 0 Å². The molecular weight excluding hydrogens is 235 g/mol. The van der Waals surface area contributed by atoms with E-state index in [0.29, 0.717) is 12.8 Å². The van der Waals surface area contributed by atoms with E-state index in [1.165, 1.54) is 11.9 Å². The molecule has 0 saturated heterocycles. The molecule has 6 heteroatoms. The van der Waals surface area contributed by atoms with E-state index >= 15 is 0 Å². The molecule has 0 spiro atoms. The van der Waals surface area contributed by atoms with Crippen LogP contribution in [0.15, 0.2) is 0 Å². The number of hydrogen-bond donors (Lipinski definition) is 1. The van der Waals surface area contributed by atoms with Crippen molar-refractivity contribution in [1.29, 1.82) is 0 Å².